The molecule has 28 heavy (non-hydrogen) atoms. The van der Waals surface area contributed by atoms with Gasteiger partial charge in [-0.2, -0.15) is 0 Å². The van der Waals surface area contributed by atoms with Gasteiger partial charge in [-0.1, -0.05) is 42.5 Å². The van der Waals surface area contributed by atoms with Crippen LogP contribution in [-0.4, -0.2) is 18.5 Å². The molecule has 1 aromatic heterocycles. The third kappa shape index (κ3) is 3.60. The van der Waals surface area contributed by atoms with Gasteiger partial charge in [0.1, 0.15) is 5.75 Å². The topological polar surface area (TPSA) is 92.4 Å². The molecule has 3 aromatic carbocycles. The van der Waals surface area contributed by atoms with E-state index < -0.39 is 10.0 Å². The van der Waals surface area contributed by atoms with Crippen molar-refractivity contribution in [1.29, 1.82) is 0 Å². The van der Waals surface area contributed by atoms with Gasteiger partial charge in [-0.25, -0.2) is 13.4 Å². The Morgan fingerprint density at radius 2 is 1.50 bits per heavy atom. The van der Waals surface area contributed by atoms with Gasteiger partial charge >= 0.3 is 0 Å². The van der Waals surface area contributed by atoms with E-state index in [0.29, 0.717) is 17.2 Å². The van der Waals surface area contributed by atoms with Crippen molar-refractivity contribution in [3.63, 3.8) is 0 Å². The molecule has 0 bridgehead atoms. The lowest BCUT2D eigenvalue weighted by atomic mass is 10.2. The smallest absolute Gasteiger partial charge is 0.262 e. The largest absolute Gasteiger partial charge is 0.506 e. The number of aromatic nitrogens is 1. The summed E-state index contributed by atoms with van der Waals surface area (Å²) in [6.45, 7) is 0. The minimum atomic E-state index is -3.83. The van der Waals surface area contributed by atoms with Gasteiger partial charge in [0.15, 0.2) is 5.76 Å². The van der Waals surface area contributed by atoms with E-state index >= 15 is 0 Å². The van der Waals surface area contributed by atoms with Gasteiger partial charge < -0.3 is 9.52 Å². The first kappa shape index (κ1) is 17.8. The van der Waals surface area contributed by atoms with E-state index in [1.807, 2.05) is 30.3 Å². The fraction of sp³-hybridized carbons (Fsp3) is 0. The van der Waals surface area contributed by atoms with Gasteiger partial charge in [-0.3, -0.25) is 4.72 Å². The van der Waals surface area contributed by atoms with Crippen molar-refractivity contribution in [3.05, 3.63) is 85.1 Å². The standard InChI is InChI=1S/C21H16N2O4S/c24-19-9-5-4-8-18(19)23-28(25,26)17-12-10-16(11-13-17)21-22-14-20(27-21)15-6-2-1-3-7-15/h1-14,23-24H. The van der Waals surface area contributed by atoms with E-state index in [9.17, 15) is 13.5 Å². The van der Waals surface area contributed by atoms with Crippen LogP contribution >= 0.6 is 0 Å². The first-order valence-electron chi connectivity index (χ1n) is 8.45. The molecule has 0 saturated carbocycles. The van der Waals surface area contributed by atoms with E-state index in [-0.39, 0.29) is 16.3 Å². The Labute approximate surface area is 162 Å². The van der Waals surface area contributed by atoms with E-state index in [1.54, 1.807) is 30.5 Å². The zero-order valence-corrected chi connectivity index (χ0v) is 15.4. The summed E-state index contributed by atoms with van der Waals surface area (Å²) in [5.74, 6) is 0.890. The molecule has 6 nitrogen and oxygen atoms in total. The molecule has 4 aromatic rings. The fourth-order valence-electron chi connectivity index (χ4n) is 2.68. The number of rotatable bonds is 5. The highest BCUT2D eigenvalue weighted by molar-refractivity contribution is 7.92. The van der Waals surface area contributed by atoms with Gasteiger partial charge in [0, 0.05) is 11.1 Å². The Morgan fingerprint density at radius 3 is 2.21 bits per heavy atom. The highest BCUT2D eigenvalue weighted by Gasteiger charge is 2.17. The molecule has 0 fully saturated rings. The molecule has 0 amide bonds. The summed E-state index contributed by atoms with van der Waals surface area (Å²) in [4.78, 5) is 4.33. The SMILES string of the molecule is O=S(=O)(Nc1ccccc1O)c1ccc(-c2ncc(-c3ccccc3)o2)cc1. The third-order valence-corrected chi connectivity index (χ3v) is 5.51. The van der Waals surface area contributed by atoms with Crippen LogP contribution in [0.3, 0.4) is 0 Å². The molecule has 140 valence electrons. The predicted molar refractivity (Wildman–Crippen MR) is 106 cm³/mol. The normalized spacial score (nSPS) is 11.3. The predicted octanol–water partition coefficient (Wildman–Crippen LogP) is 4.52. The van der Waals surface area contributed by atoms with Gasteiger partial charge in [0.05, 0.1) is 16.8 Å². The number of anilines is 1. The van der Waals surface area contributed by atoms with Crippen LogP contribution in [0.5, 0.6) is 5.75 Å². The molecule has 0 aliphatic heterocycles. The van der Waals surface area contributed by atoms with Crippen molar-refractivity contribution in [2.45, 2.75) is 4.90 Å². The Kier molecular flexibility index (Phi) is 4.58. The summed E-state index contributed by atoms with van der Waals surface area (Å²) in [5, 5.41) is 9.76. The minimum absolute atomic E-state index is 0.0642. The zero-order chi connectivity index (χ0) is 19.6. The molecule has 0 atom stereocenters. The van der Waals surface area contributed by atoms with Crippen LogP contribution in [0.2, 0.25) is 0 Å². The lowest BCUT2D eigenvalue weighted by molar-refractivity contribution is 0.477. The van der Waals surface area contributed by atoms with E-state index in [0.717, 1.165) is 5.56 Å². The Morgan fingerprint density at radius 1 is 0.821 bits per heavy atom. The molecule has 1 heterocycles. The van der Waals surface area contributed by atoms with Gasteiger partial charge in [0.2, 0.25) is 5.89 Å². The molecule has 0 spiro atoms. The van der Waals surface area contributed by atoms with Crippen LogP contribution < -0.4 is 4.72 Å². The van der Waals surface area contributed by atoms with E-state index in [4.69, 9.17) is 4.42 Å². The highest BCUT2D eigenvalue weighted by Crippen LogP contribution is 2.28. The molecular formula is C21H16N2O4S. The number of nitrogens with one attached hydrogen (secondary N) is 1. The van der Waals surface area contributed by atoms with Crippen molar-refractivity contribution < 1.29 is 17.9 Å². The maximum Gasteiger partial charge on any atom is 0.262 e. The van der Waals surface area contributed by atoms with Crippen LogP contribution in [0, 0.1) is 0 Å². The molecule has 0 unspecified atom stereocenters. The quantitative estimate of drug-likeness (QED) is 0.487. The lowest BCUT2D eigenvalue weighted by Gasteiger charge is -2.09. The average Bonchev–Trinajstić information content (AvgIpc) is 3.21. The van der Waals surface area contributed by atoms with Crippen LogP contribution in [-0.2, 0) is 10.0 Å². The number of hydrogen-bond donors (Lipinski definition) is 2. The molecule has 0 aliphatic carbocycles. The monoisotopic (exact) mass is 392 g/mol. The highest BCUT2D eigenvalue weighted by atomic mass is 32.2. The molecule has 7 heteroatoms. The molecule has 0 aliphatic rings. The number of phenolic OH excluding ortho intramolecular Hbond substituents is 1. The summed E-state index contributed by atoms with van der Waals surface area (Å²) in [6.07, 6.45) is 1.63. The summed E-state index contributed by atoms with van der Waals surface area (Å²) < 4.78 is 33.2. The van der Waals surface area contributed by atoms with E-state index in [2.05, 4.69) is 9.71 Å². The Bertz CT molecular complexity index is 1200. The molecule has 0 saturated heterocycles. The molecule has 4 rings (SSSR count). The van der Waals surface area contributed by atoms with Crippen LogP contribution in [0.4, 0.5) is 5.69 Å². The van der Waals surface area contributed by atoms with Crippen LogP contribution in [0.1, 0.15) is 0 Å². The lowest BCUT2D eigenvalue weighted by Crippen LogP contribution is -2.12. The maximum atomic E-state index is 12.5. The second-order valence-electron chi connectivity index (χ2n) is 6.04. The number of aromatic hydroxyl groups is 1. The maximum absolute atomic E-state index is 12.5. The second-order valence-corrected chi connectivity index (χ2v) is 7.73. The summed E-state index contributed by atoms with van der Waals surface area (Å²) in [7, 11) is -3.83. The van der Waals surface area contributed by atoms with Crippen molar-refractivity contribution in [1.82, 2.24) is 4.98 Å². The number of para-hydroxylation sites is 2. The third-order valence-electron chi connectivity index (χ3n) is 4.12. The Hall–Kier alpha value is -3.58. The van der Waals surface area contributed by atoms with Crippen LogP contribution in [0.25, 0.3) is 22.8 Å². The van der Waals surface area contributed by atoms with Crippen LogP contribution in [0.15, 0.2) is 94.4 Å². The molecule has 2 N–H and O–H groups in total. The number of sulfonamides is 1. The number of nitrogens with zero attached hydrogens (tertiary/aromatic N) is 1. The second kappa shape index (κ2) is 7.21. The van der Waals surface area contributed by atoms with Gasteiger partial charge in [0.25, 0.3) is 10.0 Å². The number of oxazole rings is 1. The number of benzene rings is 3. The number of hydrogen-bond acceptors (Lipinski definition) is 5. The van der Waals surface area contributed by atoms with Crippen molar-refractivity contribution in [2.75, 3.05) is 4.72 Å². The number of phenols is 1. The average molecular weight is 392 g/mol. The van der Waals surface area contributed by atoms with Crippen molar-refractivity contribution in [2.24, 2.45) is 0 Å². The first-order valence-corrected chi connectivity index (χ1v) is 9.94. The minimum Gasteiger partial charge on any atom is -0.506 e. The molecular weight excluding hydrogens is 376 g/mol. The summed E-state index contributed by atoms with van der Waals surface area (Å²) in [5.41, 5.74) is 1.68. The van der Waals surface area contributed by atoms with Gasteiger partial charge in [-0.15, -0.1) is 0 Å². The summed E-state index contributed by atoms with van der Waals surface area (Å²) in [6, 6.07) is 21.9. The Balaban J connectivity index is 1.57. The van der Waals surface area contributed by atoms with E-state index in [1.165, 1.54) is 24.3 Å². The van der Waals surface area contributed by atoms with Crippen molar-refractivity contribution in [3.8, 4) is 28.5 Å². The first-order chi connectivity index (χ1) is 13.5. The van der Waals surface area contributed by atoms with Gasteiger partial charge in [-0.05, 0) is 36.4 Å². The summed E-state index contributed by atoms with van der Waals surface area (Å²) >= 11 is 0. The molecule has 0 radical (unpaired) electrons. The van der Waals surface area contributed by atoms with Crippen molar-refractivity contribution >= 4 is 15.7 Å². The zero-order valence-electron chi connectivity index (χ0n) is 14.6. The fourth-order valence-corrected chi connectivity index (χ4v) is 3.76.